The Labute approximate surface area is 179 Å². The minimum Gasteiger partial charge on any atom is -0.450 e. The van der Waals surface area contributed by atoms with Crippen LogP contribution in [0, 0.1) is 10.1 Å². The molecular weight excluding hydrogens is 406 g/mol. The lowest BCUT2D eigenvalue weighted by Crippen LogP contribution is -2.40. The van der Waals surface area contributed by atoms with Crippen LogP contribution < -0.4 is 4.74 Å². The van der Waals surface area contributed by atoms with Gasteiger partial charge in [-0.05, 0) is 42.0 Å². The van der Waals surface area contributed by atoms with E-state index in [9.17, 15) is 19.7 Å². The molecule has 3 rings (SSSR count). The smallest absolute Gasteiger partial charge is 0.410 e. The van der Waals surface area contributed by atoms with Crippen molar-refractivity contribution in [3.05, 3.63) is 63.7 Å². The molecule has 1 saturated heterocycles. The first kappa shape index (κ1) is 22.0. The Morgan fingerprint density at radius 3 is 2.42 bits per heavy atom. The van der Waals surface area contributed by atoms with Crippen molar-refractivity contribution in [2.75, 3.05) is 40.4 Å². The third kappa shape index (κ3) is 5.70. The first-order valence-corrected chi connectivity index (χ1v) is 9.61. The maximum atomic E-state index is 12.1. The third-order valence-electron chi connectivity index (χ3n) is 4.59. The van der Waals surface area contributed by atoms with Crippen molar-refractivity contribution in [2.45, 2.75) is 6.61 Å². The van der Waals surface area contributed by atoms with E-state index in [-0.39, 0.29) is 24.0 Å². The Morgan fingerprint density at radius 1 is 1.13 bits per heavy atom. The molecule has 0 unspecified atom stereocenters. The molecule has 0 radical (unpaired) electrons. The normalized spacial score (nSPS) is 13.4. The lowest BCUT2D eigenvalue weighted by atomic mass is 10.2. The third-order valence-corrected chi connectivity index (χ3v) is 4.59. The second kappa shape index (κ2) is 9.90. The molecule has 10 nitrogen and oxygen atoms in total. The molecule has 0 aromatic heterocycles. The van der Waals surface area contributed by atoms with Gasteiger partial charge in [0.25, 0.3) is 5.91 Å². The summed E-state index contributed by atoms with van der Waals surface area (Å²) in [5, 5.41) is 11.4. The second-order valence-electron chi connectivity index (χ2n) is 7.04. The molecule has 0 spiro atoms. The molecule has 2 aromatic rings. The number of benzene rings is 2. The zero-order valence-electron chi connectivity index (χ0n) is 17.3. The van der Waals surface area contributed by atoms with Crippen molar-refractivity contribution >= 4 is 17.7 Å². The van der Waals surface area contributed by atoms with Crippen LogP contribution in [0.15, 0.2) is 42.5 Å². The zero-order chi connectivity index (χ0) is 22.4. The SMILES string of the molecule is CN(C)C(=O)c1ccc(Oc2cc(COC(=O)N3CCOCC3)ccc2[N+](=O)[O-])cc1. The number of ether oxygens (including phenoxy) is 3. The summed E-state index contributed by atoms with van der Waals surface area (Å²) >= 11 is 0. The van der Waals surface area contributed by atoms with Gasteiger partial charge in [0.15, 0.2) is 0 Å². The zero-order valence-corrected chi connectivity index (χ0v) is 17.3. The van der Waals surface area contributed by atoms with Gasteiger partial charge in [0.05, 0.1) is 18.1 Å². The summed E-state index contributed by atoms with van der Waals surface area (Å²) in [7, 11) is 3.29. The Hall–Kier alpha value is -3.66. The number of nitro benzene ring substituents is 1. The summed E-state index contributed by atoms with van der Waals surface area (Å²) in [4.78, 5) is 37.9. The summed E-state index contributed by atoms with van der Waals surface area (Å²) in [6.45, 7) is 1.79. The fraction of sp³-hybridized carbons (Fsp3) is 0.333. The van der Waals surface area contributed by atoms with E-state index in [1.807, 2.05) is 0 Å². The highest BCUT2D eigenvalue weighted by atomic mass is 16.6. The van der Waals surface area contributed by atoms with Crippen molar-refractivity contribution in [3.63, 3.8) is 0 Å². The molecule has 1 heterocycles. The minimum absolute atomic E-state index is 0.0107. The van der Waals surface area contributed by atoms with E-state index in [1.165, 1.54) is 23.1 Å². The number of morpholine rings is 1. The van der Waals surface area contributed by atoms with Crippen molar-refractivity contribution in [2.24, 2.45) is 0 Å². The number of carbonyl (C=O) groups is 2. The molecular formula is C21H23N3O7. The van der Waals surface area contributed by atoms with Gasteiger partial charge in [0.1, 0.15) is 12.4 Å². The largest absolute Gasteiger partial charge is 0.450 e. The van der Waals surface area contributed by atoms with Gasteiger partial charge in [-0.1, -0.05) is 0 Å². The molecule has 0 bridgehead atoms. The number of nitro groups is 1. The van der Waals surface area contributed by atoms with E-state index in [0.29, 0.717) is 43.2 Å². The number of hydrogen-bond acceptors (Lipinski definition) is 7. The molecule has 2 aromatic carbocycles. The minimum atomic E-state index is -0.553. The molecule has 1 fully saturated rings. The van der Waals surface area contributed by atoms with Gasteiger partial charge in [-0.3, -0.25) is 14.9 Å². The van der Waals surface area contributed by atoms with Crippen LogP contribution in [-0.4, -0.2) is 67.1 Å². The van der Waals surface area contributed by atoms with Gasteiger partial charge in [0.2, 0.25) is 5.75 Å². The fourth-order valence-corrected chi connectivity index (χ4v) is 2.91. The molecule has 164 valence electrons. The van der Waals surface area contributed by atoms with E-state index in [2.05, 4.69) is 0 Å². The molecule has 2 amide bonds. The standard InChI is InChI=1S/C21H23N3O7/c1-22(2)20(25)16-4-6-17(7-5-16)31-19-13-15(3-8-18(19)24(27)28)14-30-21(26)23-9-11-29-12-10-23/h3-8,13H,9-12,14H2,1-2H3. The van der Waals surface area contributed by atoms with Crippen molar-refractivity contribution in [1.82, 2.24) is 9.80 Å². The molecule has 0 N–H and O–H groups in total. The summed E-state index contributed by atoms with van der Waals surface area (Å²) in [5.41, 5.74) is 0.786. The van der Waals surface area contributed by atoms with Gasteiger partial charge in [0, 0.05) is 38.8 Å². The highest BCUT2D eigenvalue weighted by Gasteiger charge is 2.20. The Kier molecular flexibility index (Phi) is 7.03. The van der Waals surface area contributed by atoms with Crippen LogP contribution in [0.1, 0.15) is 15.9 Å². The lowest BCUT2D eigenvalue weighted by molar-refractivity contribution is -0.385. The average molecular weight is 429 g/mol. The number of amides is 2. The van der Waals surface area contributed by atoms with Crippen LogP contribution in [0.5, 0.6) is 11.5 Å². The summed E-state index contributed by atoms with van der Waals surface area (Å²) < 4.78 is 16.2. The predicted molar refractivity (Wildman–Crippen MR) is 110 cm³/mol. The molecule has 10 heteroatoms. The van der Waals surface area contributed by atoms with Gasteiger partial charge >= 0.3 is 11.8 Å². The Bertz CT molecular complexity index is 954. The Balaban J connectivity index is 1.72. The van der Waals surface area contributed by atoms with Crippen LogP contribution in [-0.2, 0) is 16.1 Å². The molecule has 0 aliphatic carbocycles. The quantitative estimate of drug-likeness (QED) is 0.512. The first-order valence-electron chi connectivity index (χ1n) is 9.61. The fourth-order valence-electron chi connectivity index (χ4n) is 2.91. The molecule has 0 atom stereocenters. The number of carbonyl (C=O) groups excluding carboxylic acids is 2. The number of hydrogen-bond donors (Lipinski definition) is 0. The van der Waals surface area contributed by atoms with Gasteiger partial charge in [-0.2, -0.15) is 0 Å². The van der Waals surface area contributed by atoms with Crippen LogP contribution in [0.3, 0.4) is 0 Å². The van der Waals surface area contributed by atoms with Gasteiger partial charge < -0.3 is 24.0 Å². The van der Waals surface area contributed by atoms with E-state index >= 15 is 0 Å². The van der Waals surface area contributed by atoms with E-state index in [1.54, 1.807) is 43.3 Å². The van der Waals surface area contributed by atoms with Crippen LogP contribution in [0.25, 0.3) is 0 Å². The van der Waals surface area contributed by atoms with Crippen molar-refractivity contribution in [3.8, 4) is 11.5 Å². The van der Waals surface area contributed by atoms with E-state index in [0.717, 1.165) is 0 Å². The van der Waals surface area contributed by atoms with Gasteiger partial charge in [-0.25, -0.2) is 4.79 Å². The topological polar surface area (TPSA) is 111 Å². The molecule has 0 saturated carbocycles. The summed E-state index contributed by atoms with van der Waals surface area (Å²) in [5.74, 6) is 0.180. The van der Waals surface area contributed by atoms with Crippen molar-refractivity contribution < 1.29 is 28.7 Å². The molecule has 1 aliphatic rings. The molecule has 31 heavy (non-hydrogen) atoms. The first-order chi connectivity index (χ1) is 14.8. The lowest BCUT2D eigenvalue weighted by Gasteiger charge is -2.25. The van der Waals surface area contributed by atoms with Crippen LogP contribution >= 0.6 is 0 Å². The number of rotatable bonds is 6. The second-order valence-corrected chi connectivity index (χ2v) is 7.04. The maximum Gasteiger partial charge on any atom is 0.410 e. The van der Waals surface area contributed by atoms with Gasteiger partial charge in [-0.15, -0.1) is 0 Å². The van der Waals surface area contributed by atoms with E-state index in [4.69, 9.17) is 14.2 Å². The maximum absolute atomic E-state index is 12.1. The van der Waals surface area contributed by atoms with Crippen LogP contribution in [0.2, 0.25) is 0 Å². The Morgan fingerprint density at radius 2 is 1.81 bits per heavy atom. The number of nitrogens with zero attached hydrogens (tertiary/aromatic N) is 3. The van der Waals surface area contributed by atoms with Crippen LogP contribution in [0.4, 0.5) is 10.5 Å². The van der Waals surface area contributed by atoms with Crippen molar-refractivity contribution in [1.29, 1.82) is 0 Å². The summed E-state index contributed by atoms with van der Waals surface area (Å²) in [6, 6.07) is 10.6. The monoisotopic (exact) mass is 429 g/mol. The predicted octanol–water partition coefficient (Wildman–Crippen LogP) is 3.06. The van der Waals surface area contributed by atoms with E-state index < -0.39 is 11.0 Å². The average Bonchev–Trinajstić information content (AvgIpc) is 2.78. The molecule has 1 aliphatic heterocycles. The summed E-state index contributed by atoms with van der Waals surface area (Å²) in [6.07, 6.45) is -0.467. The highest BCUT2D eigenvalue weighted by molar-refractivity contribution is 5.93. The highest BCUT2D eigenvalue weighted by Crippen LogP contribution is 2.32.